The van der Waals surface area contributed by atoms with Gasteiger partial charge in [0, 0.05) is 32.6 Å². The molecule has 0 aliphatic rings. The summed E-state index contributed by atoms with van der Waals surface area (Å²) in [5.74, 6) is -0.940. The van der Waals surface area contributed by atoms with E-state index in [1.54, 1.807) is 7.05 Å². The van der Waals surface area contributed by atoms with Crippen LogP contribution in [0.25, 0.3) is 0 Å². The summed E-state index contributed by atoms with van der Waals surface area (Å²) < 4.78 is 0. The molecule has 0 aliphatic heterocycles. The Morgan fingerprint density at radius 1 is 1.31 bits per heavy atom. The fraction of sp³-hybridized carbons (Fsp3) is 1.00. The maximum Gasteiger partial charge on any atom is 0.171 e. The molecule has 1 atom stereocenters. The van der Waals surface area contributed by atoms with Gasteiger partial charge in [-0.25, -0.2) is 0 Å². The van der Waals surface area contributed by atoms with Crippen molar-refractivity contribution in [1.29, 1.82) is 0 Å². The highest BCUT2D eigenvalue weighted by Crippen LogP contribution is 1.97. The van der Waals surface area contributed by atoms with Gasteiger partial charge in [0.15, 0.2) is 5.85 Å². The van der Waals surface area contributed by atoms with E-state index in [9.17, 15) is 5.11 Å². The maximum absolute atomic E-state index is 9.71. The van der Waals surface area contributed by atoms with Crippen molar-refractivity contribution in [2.24, 2.45) is 5.73 Å². The van der Waals surface area contributed by atoms with E-state index < -0.39 is 5.85 Å². The average molecular weight is 190 g/mol. The molecule has 0 rings (SSSR count). The Morgan fingerprint density at radius 2 is 2.00 bits per heavy atom. The van der Waals surface area contributed by atoms with Gasteiger partial charge in [0.25, 0.3) is 0 Å². The zero-order valence-corrected chi connectivity index (χ0v) is 8.56. The number of hydrogen-bond acceptors (Lipinski definition) is 5. The first-order valence-corrected chi connectivity index (χ1v) is 4.75. The molecule has 0 spiro atoms. The van der Waals surface area contributed by atoms with Crippen molar-refractivity contribution in [3.63, 3.8) is 0 Å². The third-order valence-electron chi connectivity index (χ3n) is 1.97. The molecule has 13 heavy (non-hydrogen) atoms. The summed E-state index contributed by atoms with van der Waals surface area (Å²) >= 11 is 0. The Morgan fingerprint density at radius 3 is 2.46 bits per heavy atom. The van der Waals surface area contributed by atoms with Crippen LogP contribution < -0.4 is 21.7 Å². The van der Waals surface area contributed by atoms with Gasteiger partial charge in [-0.1, -0.05) is 6.92 Å². The maximum atomic E-state index is 9.71. The molecular formula is C8H22N4O. The molecule has 80 valence electrons. The van der Waals surface area contributed by atoms with Crippen LogP contribution >= 0.6 is 0 Å². The molecule has 5 heteroatoms. The molecule has 0 aromatic rings. The summed E-state index contributed by atoms with van der Waals surface area (Å²) in [5, 5.41) is 18.6. The van der Waals surface area contributed by atoms with E-state index in [4.69, 9.17) is 5.73 Å². The van der Waals surface area contributed by atoms with Crippen molar-refractivity contribution < 1.29 is 5.11 Å². The lowest BCUT2D eigenvalue weighted by atomic mass is 10.3. The minimum Gasteiger partial charge on any atom is -0.363 e. The summed E-state index contributed by atoms with van der Waals surface area (Å²) in [6.45, 7) is 4.89. The summed E-state index contributed by atoms with van der Waals surface area (Å²) in [4.78, 5) is 0. The SMILES string of the molecule is CCC(O)(NC)NCCNCCN. The fourth-order valence-corrected chi connectivity index (χ4v) is 0.975. The lowest BCUT2D eigenvalue weighted by Crippen LogP contribution is -2.56. The van der Waals surface area contributed by atoms with Gasteiger partial charge in [0.1, 0.15) is 0 Å². The summed E-state index contributed by atoms with van der Waals surface area (Å²) in [6.07, 6.45) is 0.625. The first-order valence-electron chi connectivity index (χ1n) is 4.75. The summed E-state index contributed by atoms with van der Waals surface area (Å²) in [5.41, 5.74) is 5.30. The van der Waals surface area contributed by atoms with Crippen molar-refractivity contribution in [3.8, 4) is 0 Å². The minimum atomic E-state index is -0.940. The van der Waals surface area contributed by atoms with Gasteiger partial charge in [-0.15, -0.1) is 0 Å². The van der Waals surface area contributed by atoms with Crippen LogP contribution in [0.15, 0.2) is 0 Å². The summed E-state index contributed by atoms with van der Waals surface area (Å²) in [6, 6.07) is 0. The van der Waals surface area contributed by atoms with Gasteiger partial charge in [-0.05, 0) is 7.05 Å². The molecule has 0 aromatic carbocycles. The van der Waals surface area contributed by atoms with Gasteiger partial charge >= 0.3 is 0 Å². The third kappa shape index (κ3) is 5.95. The van der Waals surface area contributed by atoms with Crippen LogP contribution in [0.4, 0.5) is 0 Å². The molecule has 6 N–H and O–H groups in total. The number of hydrogen-bond donors (Lipinski definition) is 5. The standard InChI is InChI=1S/C8H22N4O/c1-3-8(13,10-2)12-7-6-11-5-4-9/h10-13H,3-7,9H2,1-2H3. The minimum absolute atomic E-state index is 0.625. The second-order valence-electron chi connectivity index (χ2n) is 2.93. The molecule has 0 aromatic heterocycles. The number of nitrogens with two attached hydrogens (primary N) is 1. The van der Waals surface area contributed by atoms with E-state index in [2.05, 4.69) is 16.0 Å². The molecule has 0 amide bonds. The van der Waals surface area contributed by atoms with Crippen LogP contribution in [0.1, 0.15) is 13.3 Å². The molecule has 0 radical (unpaired) electrons. The predicted molar refractivity (Wildman–Crippen MR) is 54.2 cm³/mol. The van der Waals surface area contributed by atoms with Crippen LogP contribution in [0.5, 0.6) is 0 Å². The van der Waals surface area contributed by atoms with E-state index in [0.29, 0.717) is 19.5 Å². The second kappa shape index (κ2) is 7.23. The highest BCUT2D eigenvalue weighted by molar-refractivity contribution is 4.68. The van der Waals surface area contributed by atoms with Crippen molar-refractivity contribution in [2.75, 3.05) is 33.2 Å². The van der Waals surface area contributed by atoms with Crippen molar-refractivity contribution >= 4 is 0 Å². The van der Waals surface area contributed by atoms with E-state index in [1.165, 1.54) is 0 Å². The van der Waals surface area contributed by atoms with Gasteiger partial charge in [-0.3, -0.25) is 10.6 Å². The quantitative estimate of drug-likeness (QED) is 0.235. The second-order valence-corrected chi connectivity index (χ2v) is 2.93. The first kappa shape index (κ1) is 12.8. The molecule has 0 heterocycles. The number of nitrogens with one attached hydrogen (secondary N) is 3. The van der Waals surface area contributed by atoms with E-state index in [-0.39, 0.29) is 0 Å². The smallest absolute Gasteiger partial charge is 0.171 e. The van der Waals surface area contributed by atoms with Crippen molar-refractivity contribution in [1.82, 2.24) is 16.0 Å². The Hall–Kier alpha value is -0.200. The molecule has 0 saturated heterocycles. The molecule has 5 nitrogen and oxygen atoms in total. The predicted octanol–water partition coefficient (Wildman–Crippen LogP) is -1.60. The van der Waals surface area contributed by atoms with E-state index in [0.717, 1.165) is 13.1 Å². The van der Waals surface area contributed by atoms with Crippen LogP contribution in [0, 0.1) is 0 Å². The summed E-state index contributed by atoms with van der Waals surface area (Å²) in [7, 11) is 1.73. The monoisotopic (exact) mass is 190 g/mol. The Bertz CT molecular complexity index is 117. The van der Waals surface area contributed by atoms with Crippen LogP contribution in [0.3, 0.4) is 0 Å². The highest BCUT2D eigenvalue weighted by Gasteiger charge is 2.19. The lowest BCUT2D eigenvalue weighted by Gasteiger charge is -2.27. The number of rotatable bonds is 8. The van der Waals surface area contributed by atoms with E-state index in [1.807, 2.05) is 6.92 Å². The van der Waals surface area contributed by atoms with Gasteiger partial charge in [0.2, 0.25) is 0 Å². The Balaban J connectivity index is 3.39. The van der Waals surface area contributed by atoms with Gasteiger partial charge in [0.05, 0.1) is 0 Å². The van der Waals surface area contributed by atoms with Crippen LogP contribution in [-0.4, -0.2) is 44.2 Å². The molecule has 1 unspecified atom stereocenters. The molecule has 0 saturated carbocycles. The zero-order chi connectivity index (χ0) is 10.2. The van der Waals surface area contributed by atoms with Gasteiger partial charge in [-0.2, -0.15) is 0 Å². The molecule has 0 aliphatic carbocycles. The van der Waals surface area contributed by atoms with Gasteiger partial charge < -0.3 is 16.2 Å². The Labute approximate surface area is 80.1 Å². The van der Waals surface area contributed by atoms with Crippen LogP contribution in [-0.2, 0) is 0 Å². The Kier molecular flexibility index (Phi) is 7.12. The lowest BCUT2D eigenvalue weighted by molar-refractivity contribution is -0.0239. The third-order valence-corrected chi connectivity index (χ3v) is 1.97. The molecular weight excluding hydrogens is 168 g/mol. The van der Waals surface area contributed by atoms with Crippen molar-refractivity contribution in [3.05, 3.63) is 0 Å². The zero-order valence-electron chi connectivity index (χ0n) is 8.56. The van der Waals surface area contributed by atoms with Crippen LogP contribution in [0.2, 0.25) is 0 Å². The number of aliphatic hydroxyl groups is 1. The van der Waals surface area contributed by atoms with Crippen molar-refractivity contribution in [2.45, 2.75) is 19.2 Å². The first-order chi connectivity index (χ1) is 6.18. The molecule has 0 bridgehead atoms. The average Bonchev–Trinajstić information content (AvgIpc) is 2.17. The van der Waals surface area contributed by atoms with E-state index >= 15 is 0 Å². The normalized spacial score (nSPS) is 15.7. The molecule has 0 fully saturated rings. The fourth-order valence-electron chi connectivity index (χ4n) is 0.975. The topological polar surface area (TPSA) is 82.3 Å². The highest BCUT2D eigenvalue weighted by atomic mass is 16.3. The largest absolute Gasteiger partial charge is 0.363 e.